The molecule has 0 unspecified atom stereocenters. The first-order valence-electron chi connectivity index (χ1n) is 19.5. The maximum absolute atomic E-state index is 6.41. The van der Waals surface area contributed by atoms with Crippen molar-refractivity contribution < 1.29 is 8.83 Å². The molecule has 58 heavy (non-hydrogen) atoms. The second-order valence-electron chi connectivity index (χ2n) is 14.7. The molecule has 9 aromatic carbocycles. The van der Waals surface area contributed by atoms with Gasteiger partial charge in [-0.05, 0) is 77.4 Å². The zero-order valence-electron chi connectivity index (χ0n) is 31.2. The Morgan fingerprint density at radius 1 is 0.431 bits per heavy atom. The quantitative estimate of drug-likeness (QED) is 0.170. The number of fused-ring (bicyclic) bond motifs is 9. The lowest BCUT2D eigenvalue weighted by molar-refractivity contribution is 0.669. The highest BCUT2D eigenvalue weighted by Gasteiger charge is 2.22. The fourth-order valence-corrected chi connectivity index (χ4v) is 8.93. The van der Waals surface area contributed by atoms with E-state index in [9.17, 15) is 0 Å². The number of rotatable bonds is 6. The largest absolute Gasteiger partial charge is 0.456 e. The smallest absolute Gasteiger partial charge is 0.187 e. The van der Waals surface area contributed by atoms with E-state index in [1.807, 2.05) is 36.4 Å². The summed E-state index contributed by atoms with van der Waals surface area (Å²) in [6, 6.07) is 75.0. The van der Waals surface area contributed by atoms with Crippen molar-refractivity contribution in [3.8, 4) is 27.9 Å². The second-order valence-corrected chi connectivity index (χ2v) is 14.7. The van der Waals surface area contributed by atoms with Gasteiger partial charge in [0.2, 0.25) is 0 Å². The summed E-state index contributed by atoms with van der Waals surface area (Å²) in [5, 5.41) is 6.68. The van der Waals surface area contributed by atoms with E-state index in [-0.39, 0.29) is 0 Å². The van der Waals surface area contributed by atoms with Crippen molar-refractivity contribution in [3.63, 3.8) is 0 Å². The van der Waals surface area contributed by atoms with Crippen molar-refractivity contribution in [2.24, 2.45) is 0 Å². The summed E-state index contributed by atoms with van der Waals surface area (Å²) < 4.78 is 15.1. The minimum atomic E-state index is 0.668. The van der Waals surface area contributed by atoms with Gasteiger partial charge < -0.3 is 18.3 Å². The second kappa shape index (κ2) is 12.8. The molecule has 3 aromatic heterocycles. The first-order chi connectivity index (χ1) is 28.8. The van der Waals surface area contributed by atoms with Crippen molar-refractivity contribution in [3.05, 3.63) is 206 Å². The lowest BCUT2D eigenvalue weighted by Crippen LogP contribution is -2.10. The van der Waals surface area contributed by atoms with Crippen molar-refractivity contribution in [1.29, 1.82) is 0 Å². The van der Waals surface area contributed by atoms with E-state index >= 15 is 0 Å². The third kappa shape index (κ3) is 4.91. The normalized spacial score (nSPS) is 11.7. The Morgan fingerprint density at radius 3 is 1.76 bits per heavy atom. The van der Waals surface area contributed by atoms with Gasteiger partial charge in [0.05, 0.1) is 27.8 Å². The molecule has 3 heterocycles. The predicted octanol–water partition coefficient (Wildman–Crippen LogP) is 15.0. The van der Waals surface area contributed by atoms with Crippen LogP contribution in [0.15, 0.2) is 203 Å². The number of hydrogen-bond acceptors (Lipinski definition) is 3. The van der Waals surface area contributed by atoms with Crippen LogP contribution < -0.4 is 4.90 Å². The van der Waals surface area contributed by atoms with Crippen molar-refractivity contribution in [2.45, 2.75) is 0 Å². The Morgan fingerprint density at radius 2 is 1.00 bits per heavy atom. The summed E-state index contributed by atoms with van der Waals surface area (Å²) in [5.41, 5.74) is 14.2. The average Bonchev–Trinajstić information content (AvgIpc) is 3.96. The number of furan rings is 2. The molecule has 0 saturated carbocycles. The zero-order valence-corrected chi connectivity index (χ0v) is 31.2. The Hall–Kier alpha value is -8.00. The Bertz CT molecular complexity index is 3480. The van der Waals surface area contributed by atoms with E-state index < -0.39 is 0 Å². The molecule has 4 nitrogen and oxygen atoms in total. The van der Waals surface area contributed by atoms with Gasteiger partial charge in [0.25, 0.3) is 0 Å². The van der Waals surface area contributed by atoms with Crippen molar-refractivity contribution in [2.75, 3.05) is 4.90 Å². The lowest BCUT2D eigenvalue weighted by atomic mass is 9.93. The lowest BCUT2D eigenvalue weighted by Gasteiger charge is -2.26. The molecule has 0 aliphatic rings. The minimum absolute atomic E-state index is 0.668. The van der Waals surface area contributed by atoms with Crippen LogP contribution in [0.5, 0.6) is 0 Å². The number of hydrogen-bond donors (Lipinski definition) is 0. The van der Waals surface area contributed by atoms with Crippen LogP contribution in [0.1, 0.15) is 0 Å². The Labute approximate surface area is 334 Å². The molecule has 0 aliphatic heterocycles. The fourth-order valence-electron chi connectivity index (χ4n) is 8.93. The summed E-state index contributed by atoms with van der Waals surface area (Å²) in [6.07, 6.45) is 0. The number of aromatic nitrogens is 1. The van der Waals surface area contributed by atoms with Gasteiger partial charge in [-0.25, -0.2) is 0 Å². The Balaban J connectivity index is 1.02. The van der Waals surface area contributed by atoms with E-state index in [2.05, 4.69) is 179 Å². The molecule has 0 aliphatic carbocycles. The molecule has 0 fully saturated rings. The van der Waals surface area contributed by atoms with Gasteiger partial charge in [0.15, 0.2) is 5.58 Å². The van der Waals surface area contributed by atoms with E-state index in [0.717, 1.165) is 72.2 Å². The van der Waals surface area contributed by atoms with Gasteiger partial charge in [-0.2, -0.15) is 0 Å². The standard InChI is InChI=1S/C54H32N2O2/c1-2-15-39(40-16-3-8-21-46(40)56-47-22-9-4-17-41(47)42-18-5-10-23-48(42)56)38(14-1)35-28-30-36(31-29-35)55(37-32-33-44-43-19-6-11-25-50(43)58-53(44)34-37)49-24-13-27-52-54(49)45-20-7-12-26-51(45)57-52/h1-12,14-26,28-34H. The van der Waals surface area contributed by atoms with Crippen LogP contribution in [0, 0.1) is 12.1 Å². The molecule has 0 amide bonds. The van der Waals surface area contributed by atoms with Crippen LogP contribution >= 0.6 is 0 Å². The van der Waals surface area contributed by atoms with Gasteiger partial charge in [0.1, 0.15) is 16.7 Å². The molecule has 12 rings (SSSR count). The zero-order chi connectivity index (χ0) is 38.2. The van der Waals surface area contributed by atoms with Crippen LogP contribution in [0.2, 0.25) is 0 Å². The van der Waals surface area contributed by atoms with Crippen LogP contribution in [0.25, 0.3) is 93.6 Å². The summed E-state index contributed by atoms with van der Waals surface area (Å²) in [6.45, 7) is 0. The summed E-state index contributed by atoms with van der Waals surface area (Å²) in [7, 11) is 0. The van der Waals surface area contributed by atoms with E-state index in [1.165, 1.54) is 32.9 Å². The number of anilines is 3. The summed E-state index contributed by atoms with van der Waals surface area (Å²) >= 11 is 0. The first kappa shape index (κ1) is 32.3. The Kier molecular flexibility index (Phi) is 7.11. The maximum Gasteiger partial charge on any atom is 0.187 e. The van der Waals surface area contributed by atoms with Gasteiger partial charge >= 0.3 is 0 Å². The molecule has 4 heteroatoms. The fraction of sp³-hybridized carbons (Fsp3) is 0. The molecular formula is C54H32N2O2. The monoisotopic (exact) mass is 740 g/mol. The third-order valence-corrected chi connectivity index (χ3v) is 11.5. The first-order valence-corrected chi connectivity index (χ1v) is 19.5. The van der Waals surface area contributed by atoms with Crippen molar-refractivity contribution in [1.82, 2.24) is 4.57 Å². The van der Waals surface area contributed by atoms with Crippen LogP contribution in [0.3, 0.4) is 0 Å². The SMILES string of the molecule is c1cc(N(c2ccc(-c3ccccc3-c3ccccc3-n3c4ccccc4c4ccccc43)cc2)c2ccc3c(c2)oc2ccccc23)c2c(c#1)oc1ccccc12. The van der Waals surface area contributed by atoms with Gasteiger partial charge in [-0.15, -0.1) is 0 Å². The summed E-state index contributed by atoms with van der Waals surface area (Å²) in [5.74, 6) is 0. The maximum atomic E-state index is 6.41. The molecule has 0 saturated heterocycles. The van der Waals surface area contributed by atoms with Gasteiger partial charge in [-0.3, -0.25) is 0 Å². The molecule has 0 radical (unpaired) electrons. The van der Waals surface area contributed by atoms with Crippen LogP contribution in [-0.4, -0.2) is 4.57 Å². The molecule has 0 N–H and O–H groups in total. The summed E-state index contributed by atoms with van der Waals surface area (Å²) in [4.78, 5) is 2.27. The third-order valence-electron chi connectivity index (χ3n) is 11.5. The molecule has 0 atom stereocenters. The van der Waals surface area contributed by atoms with Crippen molar-refractivity contribution >= 4 is 82.7 Å². The van der Waals surface area contributed by atoms with Gasteiger partial charge in [-0.1, -0.05) is 133 Å². The predicted molar refractivity (Wildman–Crippen MR) is 239 cm³/mol. The highest BCUT2D eigenvalue weighted by atomic mass is 16.3. The molecular weight excluding hydrogens is 709 g/mol. The highest BCUT2D eigenvalue weighted by molar-refractivity contribution is 6.14. The number of nitrogens with zero attached hydrogens (tertiary/aromatic N) is 2. The minimum Gasteiger partial charge on any atom is -0.456 e. The topological polar surface area (TPSA) is 34.5 Å². The van der Waals surface area contributed by atoms with E-state index in [4.69, 9.17) is 8.83 Å². The number of benzene rings is 8. The highest BCUT2D eigenvalue weighted by Crippen LogP contribution is 2.45. The average molecular weight is 741 g/mol. The van der Waals surface area contributed by atoms with Crippen LogP contribution in [0.4, 0.5) is 17.1 Å². The molecule has 0 bridgehead atoms. The molecule has 12 aromatic rings. The van der Waals surface area contributed by atoms with Gasteiger partial charge in [0, 0.05) is 56.0 Å². The van der Waals surface area contributed by atoms with E-state index in [1.54, 1.807) is 0 Å². The van der Waals surface area contributed by atoms with E-state index in [0.29, 0.717) is 5.58 Å². The molecule has 0 spiro atoms. The van der Waals surface area contributed by atoms with Crippen LogP contribution in [-0.2, 0) is 0 Å². The number of para-hydroxylation sites is 5. The molecule has 270 valence electrons.